The third-order valence-electron chi connectivity index (χ3n) is 5.58. The van der Waals surface area contributed by atoms with Gasteiger partial charge in [-0.2, -0.15) is 0 Å². The van der Waals surface area contributed by atoms with Crippen molar-refractivity contribution in [2.45, 2.75) is 32.1 Å². The van der Waals surface area contributed by atoms with E-state index in [1.165, 1.54) is 0 Å². The van der Waals surface area contributed by atoms with Crippen LogP contribution in [0.1, 0.15) is 37.7 Å². The first-order valence-electron chi connectivity index (χ1n) is 9.93. The van der Waals surface area contributed by atoms with Gasteiger partial charge in [-0.3, -0.25) is 9.59 Å². The molecule has 2 aliphatic rings. The molecule has 1 aliphatic heterocycles. The van der Waals surface area contributed by atoms with E-state index in [2.05, 4.69) is 26.6 Å². The van der Waals surface area contributed by atoms with Crippen molar-refractivity contribution < 1.29 is 14.3 Å². The summed E-state index contributed by atoms with van der Waals surface area (Å²) >= 11 is 3.47. The lowest BCUT2D eigenvalue weighted by atomic mass is 9.75. The lowest BCUT2D eigenvalue weighted by Gasteiger charge is -2.34. The number of carbonyl (C=O) groups is 2. The Morgan fingerprint density at radius 3 is 2.60 bits per heavy atom. The molecule has 1 heterocycles. The van der Waals surface area contributed by atoms with Crippen LogP contribution in [0, 0.1) is 0 Å². The minimum Gasteiger partial charge on any atom is -0.495 e. The minimum absolute atomic E-state index is 0.103. The average Bonchev–Trinajstić information content (AvgIpc) is 2.74. The van der Waals surface area contributed by atoms with Gasteiger partial charge in [-0.25, -0.2) is 0 Å². The van der Waals surface area contributed by atoms with Gasteiger partial charge in [0.15, 0.2) is 5.78 Å². The maximum Gasteiger partial charge on any atom is 0.254 e. The van der Waals surface area contributed by atoms with Gasteiger partial charge in [0.2, 0.25) is 0 Å². The van der Waals surface area contributed by atoms with Gasteiger partial charge in [-0.15, -0.1) is 0 Å². The number of amides is 1. The Hall–Kier alpha value is -2.86. The van der Waals surface area contributed by atoms with Gasteiger partial charge in [0.1, 0.15) is 5.75 Å². The van der Waals surface area contributed by atoms with Crippen molar-refractivity contribution in [1.82, 2.24) is 5.32 Å². The van der Waals surface area contributed by atoms with Crippen LogP contribution in [0.25, 0.3) is 0 Å². The molecule has 2 N–H and O–H groups in total. The van der Waals surface area contributed by atoms with Gasteiger partial charge in [0.25, 0.3) is 5.91 Å². The normalized spacial score (nSPS) is 18.6. The number of hydrogen-bond donors (Lipinski definition) is 2. The molecule has 5 nitrogen and oxygen atoms in total. The lowest BCUT2D eigenvalue weighted by Crippen LogP contribution is -2.35. The van der Waals surface area contributed by atoms with Crippen LogP contribution in [0.2, 0.25) is 0 Å². The smallest absolute Gasteiger partial charge is 0.254 e. The summed E-state index contributed by atoms with van der Waals surface area (Å²) in [6.45, 7) is 1.89. The zero-order chi connectivity index (χ0) is 21.3. The molecule has 0 bridgehead atoms. The third-order valence-corrected chi connectivity index (χ3v) is 6.11. The maximum absolute atomic E-state index is 13.5. The predicted octanol–water partition coefficient (Wildman–Crippen LogP) is 5.06. The molecule has 1 amide bonds. The number of para-hydroxylation sites is 2. The van der Waals surface area contributed by atoms with Crippen LogP contribution >= 0.6 is 15.9 Å². The second-order valence-electron chi connectivity index (χ2n) is 7.47. The van der Waals surface area contributed by atoms with Crippen molar-refractivity contribution in [3.63, 3.8) is 0 Å². The highest BCUT2D eigenvalue weighted by Gasteiger charge is 2.38. The van der Waals surface area contributed by atoms with Crippen LogP contribution in [-0.2, 0) is 9.59 Å². The Labute approximate surface area is 184 Å². The molecular formula is C24H23BrN2O3. The molecule has 2 aromatic rings. The van der Waals surface area contributed by atoms with E-state index in [9.17, 15) is 9.59 Å². The van der Waals surface area contributed by atoms with Crippen LogP contribution in [0.5, 0.6) is 5.75 Å². The summed E-state index contributed by atoms with van der Waals surface area (Å²) in [4.78, 5) is 26.4. The zero-order valence-electron chi connectivity index (χ0n) is 16.9. The number of dihydropyridines is 1. The number of rotatable bonds is 4. The van der Waals surface area contributed by atoms with Gasteiger partial charge < -0.3 is 15.4 Å². The molecule has 1 atom stereocenters. The Bertz CT molecular complexity index is 1070. The van der Waals surface area contributed by atoms with Crippen molar-refractivity contribution in [1.29, 1.82) is 0 Å². The number of ketones is 1. The van der Waals surface area contributed by atoms with Crippen LogP contribution in [0.15, 0.2) is 75.5 Å². The van der Waals surface area contributed by atoms with Crippen molar-refractivity contribution in [3.05, 3.63) is 81.1 Å². The third kappa shape index (κ3) is 3.79. The number of ether oxygens (including phenoxy) is 1. The van der Waals surface area contributed by atoms with E-state index in [1.807, 2.05) is 43.3 Å². The molecule has 4 rings (SSSR count). The summed E-state index contributed by atoms with van der Waals surface area (Å²) in [5.74, 6) is 0.0349. The molecule has 0 spiro atoms. The Morgan fingerprint density at radius 1 is 1.13 bits per heavy atom. The van der Waals surface area contributed by atoms with E-state index in [-0.39, 0.29) is 11.7 Å². The second kappa shape index (κ2) is 8.48. The van der Waals surface area contributed by atoms with Crippen molar-refractivity contribution in [2.75, 3.05) is 12.4 Å². The maximum atomic E-state index is 13.5. The van der Waals surface area contributed by atoms with Crippen molar-refractivity contribution >= 4 is 33.3 Å². The van der Waals surface area contributed by atoms with Crippen LogP contribution in [-0.4, -0.2) is 18.8 Å². The monoisotopic (exact) mass is 466 g/mol. The first kappa shape index (κ1) is 20.4. The van der Waals surface area contributed by atoms with E-state index in [1.54, 1.807) is 19.2 Å². The van der Waals surface area contributed by atoms with Gasteiger partial charge in [0.05, 0.1) is 12.8 Å². The highest BCUT2D eigenvalue weighted by atomic mass is 79.9. The van der Waals surface area contributed by atoms with Gasteiger partial charge >= 0.3 is 0 Å². The summed E-state index contributed by atoms with van der Waals surface area (Å²) in [6.07, 6.45) is 2.15. The number of anilines is 1. The molecule has 6 heteroatoms. The number of Topliss-reactive ketones (excluding diaryl/α,β-unsaturated/α-hetero) is 1. The summed E-state index contributed by atoms with van der Waals surface area (Å²) in [6, 6.07) is 15.1. The number of carbonyl (C=O) groups excluding carboxylic acids is 2. The summed E-state index contributed by atoms with van der Waals surface area (Å²) in [7, 11) is 1.57. The molecule has 0 saturated carbocycles. The fourth-order valence-electron chi connectivity index (χ4n) is 4.21. The Kier molecular flexibility index (Phi) is 5.77. The first-order valence-corrected chi connectivity index (χ1v) is 10.7. The number of nitrogens with one attached hydrogen (secondary N) is 2. The number of hydrogen-bond acceptors (Lipinski definition) is 4. The van der Waals surface area contributed by atoms with Crippen molar-refractivity contribution in [3.8, 4) is 5.75 Å². The molecule has 2 aromatic carbocycles. The highest BCUT2D eigenvalue weighted by molar-refractivity contribution is 9.10. The van der Waals surface area contributed by atoms with Gasteiger partial charge in [0, 0.05) is 39.4 Å². The molecule has 1 aliphatic carbocycles. The molecule has 30 heavy (non-hydrogen) atoms. The van der Waals surface area contributed by atoms with Crippen LogP contribution < -0.4 is 15.4 Å². The minimum atomic E-state index is -0.406. The summed E-state index contributed by atoms with van der Waals surface area (Å²) in [5, 5.41) is 6.32. The fourth-order valence-corrected chi connectivity index (χ4v) is 4.47. The number of halogens is 1. The summed E-state index contributed by atoms with van der Waals surface area (Å²) in [5.41, 5.74) is 4.48. The standard InChI is InChI=1S/C24H23BrN2O3/c1-14-21(24(29)27-17-6-3-4-9-20(17)30-2)22(15-10-12-16(25)13-11-15)23-18(26-14)7-5-8-19(23)28/h3-4,6,9-13,22,26H,5,7-8H2,1-2H3,(H,27,29). The van der Waals surface area contributed by atoms with E-state index >= 15 is 0 Å². The quantitative estimate of drug-likeness (QED) is 0.660. The predicted molar refractivity (Wildman–Crippen MR) is 120 cm³/mol. The van der Waals surface area contributed by atoms with Crippen LogP contribution in [0.4, 0.5) is 5.69 Å². The molecule has 0 saturated heterocycles. The second-order valence-corrected chi connectivity index (χ2v) is 8.39. The van der Waals surface area contributed by atoms with Crippen molar-refractivity contribution in [2.24, 2.45) is 0 Å². The molecule has 0 aromatic heterocycles. The Morgan fingerprint density at radius 2 is 1.87 bits per heavy atom. The molecule has 0 fully saturated rings. The largest absolute Gasteiger partial charge is 0.495 e. The lowest BCUT2D eigenvalue weighted by molar-refractivity contribution is -0.116. The van der Waals surface area contributed by atoms with Gasteiger partial charge in [-0.05, 0) is 49.6 Å². The SMILES string of the molecule is COc1ccccc1NC(=O)C1=C(C)NC2=C(C(=O)CCC2)C1c1ccc(Br)cc1. The van der Waals surface area contributed by atoms with E-state index < -0.39 is 5.92 Å². The van der Waals surface area contributed by atoms with E-state index in [0.717, 1.165) is 34.3 Å². The molecular weight excluding hydrogens is 444 g/mol. The molecule has 154 valence electrons. The van der Waals surface area contributed by atoms with Crippen LogP contribution in [0.3, 0.4) is 0 Å². The zero-order valence-corrected chi connectivity index (χ0v) is 18.5. The fraction of sp³-hybridized carbons (Fsp3) is 0.250. The van der Waals surface area contributed by atoms with Gasteiger partial charge in [-0.1, -0.05) is 40.2 Å². The van der Waals surface area contributed by atoms with E-state index in [4.69, 9.17) is 4.74 Å². The molecule has 1 unspecified atom stereocenters. The topological polar surface area (TPSA) is 67.4 Å². The highest BCUT2D eigenvalue weighted by Crippen LogP contribution is 2.42. The number of methoxy groups -OCH3 is 1. The first-order chi connectivity index (χ1) is 14.5. The summed E-state index contributed by atoms with van der Waals surface area (Å²) < 4.78 is 6.32. The average molecular weight is 467 g/mol. The Balaban J connectivity index is 1.78. The van der Waals surface area contributed by atoms with E-state index in [0.29, 0.717) is 29.0 Å². The number of benzene rings is 2. The number of allylic oxidation sites excluding steroid dienone is 3. The molecule has 0 radical (unpaired) electrons.